The van der Waals surface area contributed by atoms with Crippen LogP contribution in [-0.4, -0.2) is 37.2 Å². The number of amides is 1. The summed E-state index contributed by atoms with van der Waals surface area (Å²) in [6.07, 6.45) is 3.12. The van der Waals surface area contributed by atoms with Gasteiger partial charge in [-0.1, -0.05) is 45.4 Å². The van der Waals surface area contributed by atoms with E-state index in [2.05, 4.69) is 64.5 Å². The van der Waals surface area contributed by atoms with Crippen molar-refractivity contribution in [2.45, 2.75) is 30.4 Å². The molecule has 0 aliphatic carbocycles. The summed E-state index contributed by atoms with van der Waals surface area (Å²) in [6.45, 7) is 6.49. The highest BCUT2D eigenvalue weighted by Gasteiger charge is 2.19. The molecule has 1 atom stereocenters. The van der Waals surface area contributed by atoms with E-state index in [1.54, 1.807) is 37.3 Å². The molecule has 178 valence electrons. The molecule has 3 N–H and O–H groups in total. The Labute approximate surface area is 223 Å². The van der Waals surface area contributed by atoms with E-state index in [4.69, 9.17) is 11.6 Å². The number of hydrogen-bond donors (Lipinski definition) is 3. The first-order valence-electron chi connectivity index (χ1n) is 9.98. The molecule has 0 aliphatic heterocycles. The lowest BCUT2D eigenvalue weighted by Gasteiger charge is -2.12. The summed E-state index contributed by atoms with van der Waals surface area (Å²) in [5, 5.41) is 26.6. The fourth-order valence-electron chi connectivity index (χ4n) is 2.75. The van der Waals surface area contributed by atoms with Crippen LogP contribution < -0.4 is 10.7 Å². The zero-order valence-corrected chi connectivity index (χ0v) is 22.7. The minimum atomic E-state index is -0.496. The number of allylic oxidation sites excluding steroid dienone is 1. The number of hydrazone groups is 1. The molecule has 0 bridgehead atoms. The van der Waals surface area contributed by atoms with Crippen molar-refractivity contribution in [1.82, 2.24) is 20.2 Å². The number of nitrogens with one attached hydrogen (secondary N) is 2. The van der Waals surface area contributed by atoms with Crippen molar-refractivity contribution in [2.24, 2.45) is 5.10 Å². The fraction of sp³-hybridized carbons (Fsp3) is 0.182. The number of carbonyl (C=O) groups is 1. The third-order valence-electron chi connectivity index (χ3n) is 4.49. The molecule has 34 heavy (non-hydrogen) atoms. The number of benzene rings is 2. The van der Waals surface area contributed by atoms with E-state index in [-0.39, 0.29) is 11.7 Å². The summed E-state index contributed by atoms with van der Waals surface area (Å²) in [6, 6.07) is 10.8. The Morgan fingerprint density at radius 3 is 2.76 bits per heavy atom. The molecular weight excluding hydrogens is 608 g/mol. The zero-order valence-electron chi connectivity index (χ0n) is 18.0. The van der Waals surface area contributed by atoms with Gasteiger partial charge in [0.1, 0.15) is 5.75 Å². The first kappa shape index (κ1) is 26.3. The number of carbonyl (C=O) groups excluding carboxylic acids is 1. The lowest BCUT2D eigenvalue weighted by molar-refractivity contribution is -0.120. The van der Waals surface area contributed by atoms with E-state index in [1.807, 2.05) is 16.7 Å². The van der Waals surface area contributed by atoms with E-state index in [0.29, 0.717) is 39.1 Å². The standard InChI is InChI=1S/C22H21Br2ClN6O2S/c1-3-8-31-19(12-26-17-6-4-16(25)5-7-17)28-30-22(31)34-13(2)21(33)29-27-11-14-9-15(23)10-18(24)20(14)32/h3-7,9-11,13,26,32H,1,8,12H2,2H3,(H,29,33)/t13-/m0/s1. The van der Waals surface area contributed by atoms with Gasteiger partial charge in [-0.2, -0.15) is 5.10 Å². The quantitative estimate of drug-likeness (QED) is 0.117. The van der Waals surface area contributed by atoms with Crippen LogP contribution in [0.5, 0.6) is 5.75 Å². The van der Waals surface area contributed by atoms with Gasteiger partial charge < -0.3 is 15.0 Å². The lowest BCUT2D eigenvalue weighted by atomic mass is 10.2. The van der Waals surface area contributed by atoms with E-state index >= 15 is 0 Å². The fourth-order valence-corrected chi connectivity index (χ4v) is 5.01. The Hall–Kier alpha value is -2.34. The molecule has 0 aliphatic rings. The molecule has 0 radical (unpaired) electrons. The summed E-state index contributed by atoms with van der Waals surface area (Å²) in [5.74, 6) is 0.420. The molecule has 3 aromatic rings. The van der Waals surface area contributed by atoms with Gasteiger partial charge in [0.25, 0.3) is 5.91 Å². The molecule has 0 saturated carbocycles. The second kappa shape index (κ2) is 12.4. The van der Waals surface area contributed by atoms with Crippen molar-refractivity contribution in [3.05, 3.63) is 74.4 Å². The predicted molar refractivity (Wildman–Crippen MR) is 144 cm³/mol. The van der Waals surface area contributed by atoms with Gasteiger partial charge in [0.15, 0.2) is 11.0 Å². The smallest absolute Gasteiger partial charge is 0.253 e. The SMILES string of the molecule is C=CCn1c(CNc2ccc(Cl)cc2)nnc1S[C@@H](C)C(=O)NN=Cc1cc(Br)cc(Br)c1O. The number of hydrogen-bond acceptors (Lipinski definition) is 7. The van der Waals surface area contributed by atoms with Crippen LogP contribution in [0, 0.1) is 0 Å². The van der Waals surface area contributed by atoms with Gasteiger partial charge in [-0.15, -0.1) is 16.8 Å². The molecule has 8 nitrogen and oxygen atoms in total. The maximum atomic E-state index is 12.5. The third-order valence-corrected chi connectivity index (χ3v) is 6.88. The topological polar surface area (TPSA) is 104 Å². The van der Waals surface area contributed by atoms with Gasteiger partial charge in [0.2, 0.25) is 0 Å². The van der Waals surface area contributed by atoms with Crippen molar-refractivity contribution in [3.8, 4) is 5.75 Å². The second-order valence-corrected chi connectivity index (χ2v) is 10.5. The maximum absolute atomic E-state index is 12.5. The molecule has 2 aromatic carbocycles. The highest BCUT2D eigenvalue weighted by molar-refractivity contribution is 9.11. The van der Waals surface area contributed by atoms with Crippen LogP contribution in [0.3, 0.4) is 0 Å². The monoisotopic (exact) mass is 626 g/mol. The van der Waals surface area contributed by atoms with E-state index < -0.39 is 5.25 Å². The number of thioether (sulfide) groups is 1. The lowest BCUT2D eigenvalue weighted by Crippen LogP contribution is -2.27. The highest BCUT2D eigenvalue weighted by Crippen LogP contribution is 2.30. The van der Waals surface area contributed by atoms with Gasteiger partial charge in [-0.25, -0.2) is 5.43 Å². The number of phenolic OH excluding ortho intramolecular Hbond substituents is 1. The van der Waals surface area contributed by atoms with Crippen molar-refractivity contribution in [2.75, 3.05) is 5.32 Å². The normalized spacial score (nSPS) is 12.0. The largest absolute Gasteiger partial charge is 0.506 e. The Kier molecular flexibility index (Phi) is 9.57. The average Bonchev–Trinajstić information content (AvgIpc) is 3.17. The Balaban J connectivity index is 1.63. The Morgan fingerprint density at radius 1 is 1.32 bits per heavy atom. The summed E-state index contributed by atoms with van der Waals surface area (Å²) < 4.78 is 3.17. The molecule has 0 spiro atoms. The van der Waals surface area contributed by atoms with Gasteiger partial charge in [-0.05, 0) is 59.3 Å². The zero-order chi connectivity index (χ0) is 24.7. The molecule has 0 unspecified atom stereocenters. The van der Waals surface area contributed by atoms with Gasteiger partial charge in [-0.3, -0.25) is 4.79 Å². The van der Waals surface area contributed by atoms with E-state index in [0.717, 1.165) is 10.2 Å². The van der Waals surface area contributed by atoms with Crippen molar-refractivity contribution < 1.29 is 9.90 Å². The first-order valence-corrected chi connectivity index (χ1v) is 12.8. The van der Waals surface area contributed by atoms with Gasteiger partial charge >= 0.3 is 0 Å². The molecule has 3 rings (SSSR count). The summed E-state index contributed by atoms with van der Waals surface area (Å²) in [7, 11) is 0. The van der Waals surface area contributed by atoms with Gasteiger partial charge in [0.05, 0.1) is 22.5 Å². The summed E-state index contributed by atoms with van der Waals surface area (Å²) in [4.78, 5) is 12.5. The van der Waals surface area contributed by atoms with Gasteiger partial charge in [0, 0.05) is 27.3 Å². The molecule has 12 heteroatoms. The van der Waals surface area contributed by atoms with E-state index in [1.165, 1.54) is 18.0 Å². The molecule has 0 fully saturated rings. The average molecular weight is 629 g/mol. The number of nitrogens with zero attached hydrogens (tertiary/aromatic N) is 4. The second-order valence-electron chi connectivity index (χ2n) is 6.98. The van der Waals surface area contributed by atoms with E-state index in [9.17, 15) is 9.90 Å². The van der Waals surface area contributed by atoms with Crippen LogP contribution in [0.4, 0.5) is 5.69 Å². The van der Waals surface area contributed by atoms with Crippen molar-refractivity contribution >= 4 is 73.0 Å². The van der Waals surface area contributed by atoms with Crippen LogP contribution in [-0.2, 0) is 17.9 Å². The van der Waals surface area contributed by atoms with Crippen LogP contribution in [0.15, 0.2) is 68.3 Å². The minimum Gasteiger partial charge on any atom is -0.506 e. The number of halogens is 3. The molecular formula is C22H21Br2ClN6O2S. The van der Waals surface area contributed by atoms with Crippen molar-refractivity contribution in [3.63, 3.8) is 0 Å². The molecule has 1 heterocycles. The molecule has 1 aromatic heterocycles. The Bertz CT molecular complexity index is 1200. The highest BCUT2D eigenvalue weighted by atomic mass is 79.9. The molecule has 1 amide bonds. The summed E-state index contributed by atoms with van der Waals surface area (Å²) >= 11 is 13.8. The number of rotatable bonds is 10. The first-order chi connectivity index (χ1) is 16.3. The van der Waals surface area contributed by atoms with Crippen LogP contribution in [0.25, 0.3) is 0 Å². The molecule has 0 saturated heterocycles. The van der Waals surface area contributed by atoms with Crippen LogP contribution in [0.1, 0.15) is 18.3 Å². The number of aromatic nitrogens is 3. The maximum Gasteiger partial charge on any atom is 0.253 e. The Morgan fingerprint density at radius 2 is 2.06 bits per heavy atom. The van der Waals surface area contributed by atoms with Crippen LogP contribution in [0.2, 0.25) is 5.02 Å². The number of aromatic hydroxyl groups is 1. The number of phenols is 1. The third kappa shape index (κ3) is 7.08. The predicted octanol–water partition coefficient (Wildman–Crippen LogP) is 5.59. The van der Waals surface area contributed by atoms with Crippen molar-refractivity contribution in [1.29, 1.82) is 0 Å². The van der Waals surface area contributed by atoms with Crippen LogP contribution >= 0.6 is 55.2 Å². The summed E-state index contributed by atoms with van der Waals surface area (Å²) in [5.41, 5.74) is 3.85. The minimum absolute atomic E-state index is 0.0286. The number of anilines is 1.